The number of amides is 2. The summed E-state index contributed by atoms with van der Waals surface area (Å²) >= 11 is 0.754. The fourth-order valence-electron chi connectivity index (χ4n) is 0.924. The lowest BCUT2D eigenvalue weighted by Gasteiger charge is -2.04. The van der Waals surface area contributed by atoms with Crippen molar-refractivity contribution >= 4 is 23.1 Å². The summed E-state index contributed by atoms with van der Waals surface area (Å²) in [6.45, 7) is 1.82. The summed E-state index contributed by atoms with van der Waals surface area (Å²) in [7, 11) is 0. The van der Waals surface area contributed by atoms with E-state index >= 15 is 0 Å². The zero-order chi connectivity index (χ0) is 11.1. The standard InChI is InChI=1S/C10H12N2O2S/c1-8(13)12-15-10(14)11-7-9-5-3-2-4-6-9/h2-6H,7H2,1H3,(H,11,14)(H,12,13). The SMILES string of the molecule is CC(=O)NSC(=O)NCc1ccccc1. The van der Waals surface area contributed by atoms with E-state index in [0.717, 1.165) is 17.5 Å². The lowest BCUT2D eigenvalue weighted by atomic mass is 10.2. The molecule has 0 saturated heterocycles. The van der Waals surface area contributed by atoms with Gasteiger partial charge in [0, 0.05) is 13.5 Å². The molecule has 0 aliphatic rings. The first kappa shape index (κ1) is 11.6. The number of benzene rings is 1. The van der Waals surface area contributed by atoms with Crippen LogP contribution in [0.5, 0.6) is 0 Å². The summed E-state index contributed by atoms with van der Waals surface area (Å²) in [6.07, 6.45) is 0. The maximum absolute atomic E-state index is 11.2. The smallest absolute Gasteiger partial charge is 0.299 e. The number of carbonyl (C=O) groups is 2. The van der Waals surface area contributed by atoms with E-state index < -0.39 is 0 Å². The van der Waals surface area contributed by atoms with Gasteiger partial charge in [0.05, 0.1) is 11.9 Å². The van der Waals surface area contributed by atoms with Gasteiger partial charge < -0.3 is 5.32 Å². The molecule has 1 aromatic carbocycles. The molecule has 2 amide bonds. The van der Waals surface area contributed by atoms with Crippen LogP contribution in [0.25, 0.3) is 0 Å². The van der Waals surface area contributed by atoms with Crippen molar-refractivity contribution < 1.29 is 9.59 Å². The van der Waals surface area contributed by atoms with Gasteiger partial charge >= 0.3 is 0 Å². The molecule has 4 nitrogen and oxygen atoms in total. The first-order valence-electron chi connectivity index (χ1n) is 4.43. The Labute approximate surface area is 92.6 Å². The maximum atomic E-state index is 11.2. The van der Waals surface area contributed by atoms with Gasteiger partial charge in [-0.25, -0.2) is 0 Å². The summed E-state index contributed by atoms with van der Waals surface area (Å²) < 4.78 is 2.35. The Kier molecular flexibility index (Phi) is 4.70. The molecule has 0 fully saturated rings. The van der Waals surface area contributed by atoms with E-state index in [0.29, 0.717) is 6.54 Å². The first-order valence-corrected chi connectivity index (χ1v) is 5.25. The summed E-state index contributed by atoms with van der Waals surface area (Å²) in [6, 6.07) is 9.56. The molecule has 0 unspecified atom stereocenters. The molecule has 5 heteroatoms. The highest BCUT2D eigenvalue weighted by Gasteiger charge is 2.02. The van der Waals surface area contributed by atoms with E-state index in [9.17, 15) is 9.59 Å². The van der Waals surface area contributed by atoms with E-state index in [1.807, 2.05) is 30.3 Å². The molecule has 0 saturated carbocycles. The second kappa shape index (κ2) is 6.08. The second-order valence-electron chi connectivity index (χ2n) is 2.89. The van der Waals surface area contributed by atoms with Gasteiger partial charge in [-0.2, -0.15) is 0 Å². The molecule has 2 N–H and O–H groups in total. The van der Waals surface area contributed by atoms with Gasteiger partial charge in [0.15, 0.2) is 0 Å². The highest BCUT2D eigenvalue weighted by Crippen LogP contribution is 2.00. The third kappa shape index (κ3) is 5.07. The predicted octanol–water partition coefficient (Wildman–Crippen LogP) is 1.68. The molecule has 0 aromatic heterocycles. The van der Waals surface area contributed by atoms with Gasteiger partial charge in [-0.3, -0.25) is 14.3 Å². The average molecular weight is 224 g/mol. The summed E-state index contributed by atoms with van der Waals surface area (Å²) in [5, 5.41) is 2.39. The molecule has 1 rings (SSSR count). The molecular weight excluding hydrogens is 212 g/mol. The predicted molar refractivity (Wildman–Crippen MR) is 60.1 cm³/mol. The minimum Gasteiger partial charge on any atom is -0.341 e. The van der Waals surface area contributed by atoms with Crippen molar-refractivity contribution in [3.63, 3.8) is 0 Å². The first-order chi connectivity index (χ1) is 7.18. The Morgan fingerprint density at radius 3 is 2.53 bits per heavy atom. The van der Waals surface area contributed by atoms with E-state index in [1.165, 1.54) is 6.92 Å². The second-order valence-corrected chi connectivity index (χ2v) is 3.67. The van der Waals surface area contributed by atoms with Crippen LogP contribution < -0.4 is 10.0 Å². The van der Waals surface area contributed by atoms with Crippen molar-refractivity contribution in [3.05, 3.63) is 35.9 Å². The summed E-state index contributed by atoms with van der Waals surface area (Å²) in [4.78, 5) is 21.7. The Morgan fingerprint density at radius 1 is 1.27 bits per heavy atom. The van der Waals surface area contributed by atoms with Crippen molar-refractivity contribution in [3.8, 4) is 0 Å². The van der Waals surface area contributed by atoms with Gasteiger partial charge in [0.25, 0.3) is 5.24 Å². The van der Waals surface area contributed by atoms with E-state index in [4.69, 9.17) is 0 Å². The van der Waals surface area contributed by atoms with Crippen LogP contribution in [0.4, 0.5) is 4.79 Å². The van der Waals surface area contributed by atoms with Gasteiger partial charge in [-0.1, -0.05) is 30.3 Å². The monoisotopic (exact) mass is 224 g/mol. The molecule has 0 spiro atoms. The Balaban J connectivity index is 2.26. The number of nitrogens with one attached hydrogen (secondary N) is 2. The Morgan fingerprint density at radius 2 is 1.93 bits per heavy atom. The fourth-order valence-corrected chi connectivity index (χ4v) is 1.31. The van der Waals surface area contributed by atoms with E-state index in [2.05, 4.69) is 10.0 Å². The molecule has 0 atom stereocenters. The van der Waals surface area contributed by atoms with Gasteiger partial charge in [-0.15, -0.1) is 0 Å². The van der Waals surface area contributed by atoms with Crippen molar-refractivity contribution in [1.29, 1.82) is 0 Å². The van der Waals surface area contributed by atoms with Crippen LogP contribution in [0, 0.1) is 0 Å². The molecule has 0 aliphatic heterocycles. The van der Waals surface area contributed by atoms with Crippen LogP contribution in [0.2, 0.25) is 0 Å². The van der Waals surface area contributed by atoms with Crippen molar-refractivity contribution in [2.45, 2.75) is 13.5 Å². The van der Waals surface area contributed by atoms with Crippen molar-refractivity contribution in [2.75, 3.05) is 0 Å². The Hall–Kier alpha value is -1.49. The topological polar surface area (TPSA) is 58.2 Å². The average Bonchev–Trinajstić information content (AvgIpc) is 2.25. The van der Waals surface area contributed by atoms with Crippen LogP contribution in [-0.4, -0.2) is 11.1 Å². The molecule has 0 aliphatic carbocycles. The number of rotatable bonds is 2. The van der Waals surface area contributed by atoms with Crippen LogP contribution >= 0.6 is 11.9 Å². The normalized spacial score (nSPS) is 9.40. The van der Waals surface area contributed by atoms with E-state index in [1.54, 1.807) is 0 Å². The van der Waals surface area contributed by atoms with Gasteiger partial charge in [0.2, 0.25) is 5.91 Å². The lowest BCUT2D eigenvalue weighted by Crippen LogP contribution is -2.23. The van der Waals surface area contributed by atoms with Crippen molar-refractivity contribution in [2.24, 2.45) is 0 Å². The highest BCUT2D eigenvalue weighted by molar-refractivity contribution is 8.12. The number of hydrogen-bond donors (Lipinski definition) is 2. The van der Waals surface area contributed by atoms with Gasteiger partial charge in [0.1, 0.15) is 0 Å². The minimum absolute atomic E-state index is 0.241. The third-order valence-corrected chi connectivity index (χ3v) is 2.29. The Bertz CT molecular complexity index is 341. The number of carbonyl (C=O) groups excluding carboxylic acids is 2. The van der Waals surface area contributed by atoms with Crippen LogP contribution in [0.15, 0.2) is 30.3 Å². The molecule has 0 bridgehead atoms. The molecule has 1 aromatic rings. The van der Waals surface area contributed by atoms with Crippen LogP contribution in [-0.2, 0) is 11.3 Å². The summed E-state index contributed by atoms with van der Waals surface area (Å²) in [5.41, 5.74) is 1.02. The molecule has 0 radical (unpaired) electrons. The van der Waals surface area contributed by atoms with Crippen molar-refractivity contribution in [1.82, 2.24) is 10.0 Å². The third-order valence-electron chi connectivity index (χ3n) is 1.57. The zero-order valence-electron chi connectivity index (χ0n) is 8.32. The fraction of sp³-hybridized carbons (Fsp3) is 0.200. The lowest BCUT2D eigenvalue weighted by molar-refractivity contribution is -0.117. The minimum atomic E-state index is -0.269. The quantitative estimate of drug-likeness (QED) is 0.751. The zero-order valence-corrected chi connectivity index (χ0v) is 9.14. The molecular formula is C10H12N2O2S. The number of hydrogen-bond acceptors (Lipinski definition) is 3. The molecule has 80 valence electrons. The molecule has 15 heavy (non-hydrogen) atoms. The molecule has 0 heterocycles. The van der Waals surface area contributed by atoms with Crippen LogP contribution in [0.1, 0.15) is 12.5 Å². The highest BCUT2D eigenvalue weighted by atomic mass is 32.2. The maximum Gasteiger partial charge on any atom is 0.299 e. The largest absolute Gasteiger partial charge is 0.341 e. The van der Waals surface area contributed by atoms with Crippen LogP contribution in [0.3, 0.4) is 0 Å². The van der Waals surface area contributed by atoms with E-state index in [-0.39, 0.29) is 11.1 Å². The van der Waals surface area contributed by atoms with Gasteiger partial charge in [-0.05, 0) is 5.56 Å². The summed E-state index contributed by atoms with van der Waals surface area (Å²) in [5.74, 6) is -0.241.